The third-order valence-corrected chi connectivity index (χ3v) is 5.25. The predicted octanol–water partition coefficient (Wildman–Crippen LogP) is 3.55. The lowest BCUT2D eigenvalue weighted by atomic mass is 9.85. The zero-order valence-electron chi connectivity index (χ0n) is 13.6. The Balaban J connectivity index is 1.87. The molecule has 1 aliphatic rings. The minimum atomic E-state index is -4.10. The fraction of sp³-hybridized carbons (Fsp3) is 0.733. The van der Waals surface area contributed by atoms with E-state index in [-0.39, 0.29) is 18.9 Å². The van der Waals surface area contributed by atoms with Gasteiger partial charge in [0.2, 0.25) is 0 Å². The Morgan fingerprint density at radius 2 is 2.09 bits per heavy atom. The summed E-state index contributed by atoms with van der Waals surface area (Å²) >= 11 is 1.61. The number of aryl methyl sites for hydroxylation is 2. The highest BCUT2D eigenvalue weighted by Gasteiger charge is 2.42. The molecule has 0 spiro atoms. The maximum Gasteiger partial charge on any atom is 0.391 e. The second-order valence-corrected chi connectivity index (χ2v) is 7.21. The van der Waals surface area contributed by atoms with Crippen LogP contribution in [0, 0.1) is 19.8 Å². The van der Waals surface area contributed by atoms with Crippen LogP contribution in [0.5, 0.6) is 0 Å². The first-order valence-corrected chi connectivity index (χ1v) is 8.58. The molecule has 8 heteroatoms. The maximum atomic E-state index is 12.9. The van der Waals surface area contributed by atoms with E-state index >= 15 is 0 Å². The minimum Gasteiger partial charge on any atom is -0.354 e. The number of alkyl halides is 3. The van der Waals surface area contributed by atoms with Crippen LogP contribution in [0.2, 0.25) is 0 Å². The number of nitrogens with one attached hydrogen (secondary N) is 2. The van der Waals surface area contributed by atoms with Gasteiger partial charge in [-0.1, -0.05) is 6.42 Å². The van der Waals surface area contributed by atoms with Gasteiger partial charge in [0.1, 0.15) is 5.01 Å². The molecule has 0 radical (unpaired) electrons. The van der Waals surface area contributed by atoms with Gasteiger partial charge in [-0.15, -0.1) is 11.3 Å². The van der Waals surface area contributed by atoms with Crippen molar-refractivity contribution in [3.63, 3.8) is 0 Å². The summed E-state index contributed by atoms with van der Waals surface area (Å²) < 4.78 is 38.6. The second kappa shape index (κ2) is 7.51. The SMILES string of the molecule is CN=C(NCc1nc(C)c(C)s1)NC1CCCC(C(F)(F)F)C1. The van der Waals surface area contributed by atoms with E-state index in [2.05, 4.69) is 20.6 Å². The summed E-state index contributed by atoms with van der Waals surface area (Å²) in [6.07, 6.45) is -2.44. The van der Waals surface area contributed by atoms with Crippen molar-refractivity contribution in [1.82, 2.24) is 15.6 Å². The largest absolute Gasteiger partial charge is 0.391 e. The van der Waals surface area contributed by atoms with Crippen LogP contribution in [0.3, 0.4) is 0 Å². The Morgan fingerprint density at radius 3 is 2.65 bits per heavy atom. The van der Waals surface area contributed by atoms with Crippen molar-refractivity contribution in [1.29, 1.82) is 0 Å². The third kappa shape index (κ3) is 5.09. The molecular formula is C15H23F3N4S. The Hall–Kier alpha value is -1.31. The second-order valence-electron chi connectivity index (χ2n) is 5.92. The maximum absolute atomic E-state index is 12.9. The van der Waals surface area contributed by atoms with Gasteiger partial charge in [0.15, 0.2) is 5.96 Å². The number of hydrogen-bond donors (Lipinski definition) is 2. The molecule has 0 aliphatic heterocycles. The Morgan fingerprint density at radius 1 is 1.35 bits per heavy atom. The Labute approximate surface area is 138 Å². The lowest BCUT2D eigenvalue weighted by Gasteiger charge is -2.31. The molecule has 1 heterocycles. The lowest BCUT2D eigenvalue weighted by molar-refractivity contribution is -0.183. The van der Waals surface area contributed by atoms with Crippen LogP contribution in [0.15, 0.2) is 4.99 Å². The monoisotopic (exact) mass is 348 g/mol. The smallest absolute Gasteiger partial charge is 0.354 e. The van der Waals surface area contributed by atoms with Crippen LogP contribution >= 0.6 is 11.3 Å². The number of thiazole rings is 1. The van der Waals surface area contributed by atoms with Gasteiger partial charge in [-0.25, -0.2) is 4.98 Å². The van der Waals surface area contributed by atoms with Gasteiger partial charge < -0.3 is 10.6 Å². The average molecular weight is 348 g/mol. The highest BCUT2D eigenvalue weighted by Crippen LogP contribution is 2.37. The highest BCUT2D eigenvalue weighted by atomic mass is 32.1. The molecule has 1 aromatic heterocycles. The number of hydrogen-bond acceptors (Lipinski definition) is 3. The molecule has 1 saturated carbocycles. The van der Waals surface area contributed by atoms with Crippen molar-refractivity contribution < 1.29 is 13.2 Å². The molecule has 1 aromatic rings. The third-order valence-electron chi connectivity index (χ3n) is 4.18. The van der Waals surface area contributed by atoms with Gasteiger partial charge in [-0.05, 0) is 33.1 Å². The van der Waals surface area contributed by atoms with Crippen molar-refractivity contribution in [3.05, 3.63) is 15.6 Å². The minimum absolute atomic E-state index is 0.111. The summed E-state index contributed by atoms with van der Waals surface area (Å²) in [6, 6.07) is -0.193. The standard InChI is InChI=1S/C15H23F3N4S/c1-9-10(2)23-13(21-9)8-20-14(19-3)22-12-6-4-5-11(7-12)15(16,17)18/h11-12H,4-8H2,1-3H3,(H2,19,20,22). The molecule has 2 N–H and O–H groups in total. The van der Waals surface area contributed by atoms with Crippen LogP contribution in [-0.2, 0) is 6.54 Å². The van der Waals surface area contributed by atoms with Crippen LogP contribution in [0.1, 0.15) is 41.3 Å². The first-order valence-electron chi connectivity index (χ1n) is 7.76. The van der Waals surface area contributed by atoms with Crippen molar-refractivity contribution in [3.8, 4) is 0 Å². The van der Waals surface area contributed by atoms with Crippen LogP contribution < -0.4 is 10.6 Å². The Bertz CT molecular complexity index is 534. The zero-order valence-corrected chi connectivity index (χ0v) is 14.4. The van der Waals surface area contributed by atoms with Crippen LogP contribution in [-0.4, -0.2) is 30.2 Å². The van der Waals surface area contributed by atoms with E-state index in [4.69, 9.17) is 0 Å². The van der Waals surface area contributed by atoms with E-state index in [1.807, 2.05) is 13.8 Å². The highest BCUT2D eigenvalue weighted by molar-refractivity contribution is 7.11. The molecule has 0 saturated heterocycles. The summed E-state index contributed by atoms with van der Waals surface area (Å²) in [5.74, 6) is -0.681. The summed E-state index contributed by atoms with van der Waals surface area (Å²) in [5.41, 5.74) is 1.01. The number of aromatic nitrogens is 1. The number of nitrogens with zero attached hydrogens (tertiary/aromatic N) is 2. The molecule has 23 heavy (non-hydrogen) atoms. The molecule has 0 aromatic carbocycles. The van der Waals surface area contributed by atoms with Gasteiger partial charge in [-0.3, -0.25) is 4.99 Å². The number of guanidine groups is 1. The van der Waals surface area contributed by atoms with E-state index in [1.165, 1.54) is 4.88 Å². The molecule has 2 unspecified atom stereocenters. The number of rotatable bonds is 3. The molecule has 2 rings (SSSR count). The van der Waals surface area contributed by atoms with Crippen molar-refractivity contribution >= 4 is 17.3 Å². The molecule has 0 bridgehead atoms. The summed E-state index contributed by atoms with van der Waals surface area (Å²) in [4.78, 5) is 9.71. The number of halogens is 3. The summed E-state index contributed by atoms with van der Waals surface area (Å²) in [6.45, 7) is 4.50. The van der Waals surface area contributed by atoms with Gasteiger partial charge in [-0.2, -0.15) is 13.2 Å². The van der Waals surface area contributed by atoms with E-state index in [1.54, 1.807) is 18.4 Å². The Kier molecular flexibility index (Phi) is 5.89. The lowest BCUT2D eigenvalue weighted by Crippen LogP contribution is -2.46. The van der Waals surface area contributed by atoms with Crippen LogP contribution in [0.4, 0.5) is 13.2 Å². The molecule has 4 nitrogen and oxygen atoms in total. The first kappa shape index (κ1) is 18.0. The van der Waals surface area contributed by atoms with Crippen molar-refractivity contribution in [2.24, 2.45) is 10.9 Å². The van der Waals surface area contributed by atoms with E-state index < -0.39 is 12.1 Å². The molecular weight excluding hydrogens is 325 g/mol. The van der Waals surface area contributed by atoms with E-state index in [0.717, 1.165) is 17.1 Å². The van der Waals surface area contributed by atoms with Gasteiger partial charge in [0, 0.05) is 18.0 Å². The fourth-order valence-corrected chi connectivity index (χ4v) is 3.65. The molecule has 0 amide bonds. The van der Waals surface area contributed by atoms with Gasteiger partial charge in [0.25, 0.3) is 0 Å². The normalized spacial score (nSPS) is 23.0. The summed E-state index contributed by atoms with van der Waals surface area (Å²) in [7, 11) is 1.62. The molecule has 1 aliphatic carbocycles. The summed E-state index contributed by atoms with van der Waals surface area (Å²) in [5, 5.41) is 7.19. The predicted molar refractivity (Wildman–Crippen MR) is 86.7 cm³/mol. The molecule has 2 atom stereocenters. The van der Waals surface area contributed by atoms with Crippen LogP contribution in [0.25, 0.3) is 0 Å². The van der Waals surface area contributed by atoms with E-state index in [9.17, 15) is 13.2 Å². The molecule has 1 fully saturated rings. The fourth-order valence-electron chi connectivity index (χ4n) is 2.78. The first-order chi connectivity index (χ1) is 10.8. The molecule has 130 valence electrons. The van der Waals surface area contributed by atoms with Crippen molar-refractivity contribution in [2.75, 3.05) is 7.05 Å². The quantitative estimate of drug-likeness (QED) is 0.649. The zero-order chi connectivity index (χ0) is 17.0. The average Bonchev–Trinajstić information content (AvgIpc) is 2.81. The van der Waals surface area contributed by atoms with E-state index in [0.29, 0.717) is 18.9 Å². The van der Waals surface area contributed by atoms with Gasteiger partial charge in [0.05, 0.1) is 18.2 Å². The van der Waals surface area contributed by atoms with Crippen molar-refractivity contribution in [2.45, 2.75) is 58.3 Å². The number of aliphatic imine (C=N–C) groups is 1. The van der Waals surface area contributed by atoms with Gasteiger partial charge >= 0.3 is 6.18 Å². The topological polar surface area (TPSA) is 49.3 Å².